The van der Waals surface area contributed by atoms with Crippen molar-refractivity contribution in [1.82, 2.24) is 9.62 Å². The second-order valence-corrected chi connectivity index (χ2v) is 7.09. The van der Waals surface area contributed by atoms with Crippen molar-refractivity contribution in [2.75, 3.05) is 19.6 Å². The van der Waals surface area contributed by atoms with Crippen molar-refractivity contribution >= 4 is 22.4 Å². The van der Waals surface area contributed by atoms with Gasteiger partial charge in [-0.15, -0.1) is 12.4 Å². The maximum atomic E-state index is 12.4. The molecule has 1 saturated heterocycles. The first kappa shape index (κ1) is 19.2. The fourth-order valence-electron chi connectivity index (χ4n) is 2.28. The summed E-state index contributed by atoms with van der Waals surface area (Å²) in [6.45, 7) is 3.16. The van der Waals surface area contributed by atoms with Crippen molar-refractivity contribution in [3.05, 3.63) is 29.8 Å². The number of rotatable bonds is 3. The van der Waals surface area contributed by atoms with Crippen LogP contribution in [0.4, 0.5) is 13.2 Å². The van der Waals surface area contributed by atoms with E-state index in [-0.39, 0.29) is 28.9 Å². The summed E-state index contributed by atoms with van der Waals surface area (Å²) in [5.74, 6) is 0. The van der Waals surface area contributed by atoms with Gasteiger partial charge in [0.25, 0.3) is 0 Å². The highest BCUT2D eigenvalue weighted by Crippen LogP contribution is 2.23. The number of benzene rings is 1. The van der Waals surface area contributed by atoms with Gasteiger partial charge in [-0.2, -0.15) is 17.5 Å². The van der Waals surface area contributed by atoms with Crippen LogP contribution in [-0.4, -0.2) is 44.6 Å². The van der Waals surface area contributed by atoms with E-state index in [4.69, 9.17) is 0 Å². The Morgan fingerprint density at radius 2 is 1.86 bits per heavy atom. The Kier molecular flexibility index (Phi) is 6.26. The Morgan fingerprint density at radius 1 is 1.27 bits per heavy atom. The van der Waals surface area contributed by atoms with Crippen molar-refractivity contribution in [1.29, 1.82) is 0 Å². The Balaban J connectivity index is 0.00000242. The summed E-state index contributed by atoms with van der Waals surface area (Å²) < 4.78 is 63.0. The number of alkyl halides is 3. The van der Waals surface area contributed by atoms with Crippen LogP contribution in [0.25, 0.3) is 0 Å². The van der Waals surface area contributed by atoms with E-state index in [9.17, 15) is 21.6 Å². The van der Waals surface area contributed by atoms with E-state index in [1.54, 1.807) is 0 Å². The third kappa shape index (κ3) is 4.84. The molecule has 1 N–H and O–H groups in total. The van der Waals surface area contributed by atoms with E-state index < -0.39 is 22.6 Å². The molecule has 1 aliphatic rings. The number of hydrogen-bond acceptors (Lipinski definition) is 3. The molecule has 4 nitrogen and oxygen atoms in total. The van der Waals surface area contributed by atoms with E-state index in [2.05, 4.69) is 5.32 Å². The minimum absolute atomic E-state index is 0. The molecule has 1 fully saturated rings. The Hall–Kier alpha value is -0.830. The normalized spacial score (nSPS) is 20.5. The van der Waals surface area contributed by atoms with Gasteiger partial charge in [-0.1, -0.05) is 12.1 Å². The molecular formula is C13H18ClF3N2O2S. The van der Waals surface area contributed by atoms with Gasteiger partial charge >= 0.3 is 6.18 Å². The lowest BCUT2D eigenvalue weighted by Crippen LogP contribution is -2.51. The SMILES string of the molecule is CC1CN(S(=O)(=O)c2ccc(CC(F)(F)F)cc2)CCN1.Cl. The van der Waals surface area contributed by atoms with E-state index in [1.807, 2.05) is 6.92 Å². The van der Waals surface area contributed by atoms with Crippen molar-refractivity contribution < 1.29 is 21.6 Å². The second kappa shape index (κ2) is 7.16. The fraction of sp³-hybridized carbons (Fsp3) is 0.538. The van der Waals surface area contributed by atoms with Crippen molar-refractivity contribution in [3.8, 4) is 0 Å². The van der Waals surface area contributed by atoms with Crippen LogP contribution in [-0.2, 0) is 16.4 Å². The quantitative estimate of drug-likeness (QED) is 0.901. The van der Waals surface area contributed by atoms with Gasteiger partial charge in [0, 0.05) is 25.7 Å². The maximum absolute atomic E-state index is 12.4. The molecule has 0 aliphatic carbocycles. The molecule has 1 heterocycles. The monoisotopic (exact) mass is 358 g/mol. The van der Waals surface area contributed by atoms with Gasteiger partial charge in [0.1, 0.15) is 0 Å². The minimum Gasteiger partial charge on any atom is -0.312 e. The van der Waals surface area contributed by atoms with E-state index >= 15 is 0 Å². The third-order valence-corrected chi connectivity index (χ3v) is 5.18. The lowest BCUT2D eigenvalue weighted by atomic mass is 10.1. The van der Waals surface area contributed by atoms with Crippen molar-refractivity contribution in [2.24, 2.45) is 0 Å². The summed E-state index contributed by atoms with van der Waals surface area (Å²) in [5.41, 5.74) is 0.0510. The third-order valence-electron chi connectivity index (χ3n) is 3.30. The summed E-state index contributed by atoms with van der Waals surface area (Å²) in [7, 11) is -3.64. The molecule has 9 heteroatoms. The van der Waals surface area contributed by atoms with Gasteiger partial charge in [-0.25, -0.2) is 8.42 Å². The molecule has 22 heavy (non-hydrogen) atoms. The van der Waals surface area contributed by atoms with Gasteiger partial charge in [0.2, 0.25) is 10.0 Å². The predicted molar refractivity (Wildman–Crippen MR) is 79.7 cm³/mol. The average molecular weight is 359 g/mol. The fourth-order valence-corrected chi connectivity index (χ4v) is 3.80. The number of nitrogens with one attached hydrogen (secondary N) is 1. The highest BCUT2D eigenvalue weighted by molar-refractivity contribution is 7.89. The molecule has 1 atom stereocenters. The first-order chi connectivity index (χ1) is 9.68. The molecule has 0 saturated carbocycles. The van der Waals surface area contributed by atoms with E-state index in [0.717, 1.165) is 0 Å². The molecule has 0 radical (unpaired) electrons. The van der Waals surface area contributed by atoms with Crippen molar-refractivity contribution in [3.63, 3.8) is 0 Å². The van der Waals surface area contributed by atoms with Crippen LogP contribution in [0.1, 0.15) is 12.5 Å². The minimum atomic E-state index is -4.30. The maximum Gasteiger partial charge on any atom is 0.393 e. The number of hydrogen-bond donors (Lipinski definition) is 1. The van der Waals surface area contributed by atoms with E-state index in [1.165, 1.54) is 28.6 Å². The second-order valence-electron chi connectivity index (χ2n) is 5.15. The molecule has 0 aromatic heterocycles. The number of piperazine rings is 1. The van der Waals surface area contributed by atoms with E-state index in [0.29, 0.717) is 19.6 Å². The molecule has 1 aromatic rings. The first-order valence-corrected chi connectivity index (χ1v) is 8.02. The number of halogens is 4. The molecular weight excluding hydrogens is 341 g/mol. The molecule has 126 valence electrons. The van der Waals surface area contributed by atoms with Crippen LogP contribution >= 0.6 is 12.4 Å². The Morgan fingerprint density at radius 3 is 2.36 bits per heavy atom. The molecule has 1 aliphatic heterocycles. The standard InChI is InChI=1S/C13H17F3N2O2S.ClH/c1-10-9-18(7-6-17-10)21(19,20)12-4-2-11(3-5-12)8-13(14,15)16;/h2-5,10,17H,6-9H2,1H3;1H. The largest absolute Gasteiger partial charge is 0.393 e. The molecule has 1 aromatic carbocycles. The lowest BCUT2D eigenvalue weighted by molar-refractivity contribution is -0.127. The zero-order valence-electron chi connectivity index (χ0n) is 11.9. The predicted octanol–water partition coefficient (Wildman–Crippen LogP) is 2.20. The van der Waals surface area contributed by atoms with Gasteiger partial charge in [-0.05, 0) is 24.6 Å². The molecule has 2 rings (SSSR count). The van der Waals surface area contributed by atoms with Gasteiger partial charge in [-0.3, -0.25) is 0 Å². The summed E-state index contributed by atoms with van der Waals surface area (Å²) in [5, 5.41) is 3.14. The molecule has 1 unspecified atom stereocenters. The molecule has 0 spiro atoms. The highest BCUT2D eigenvalue weighted by Gasteiger charge is 2.30. The number of nitrogens with zero attached hydrogens (tertiary/aromatic N) is 1. The topological polar surface area (TPSA) is 49.4 Å². The van der Waals surface area contributed by atoms with Gasteiger partial charge in [0.15, 0.2) is 0 Å². The van der Waals surface area contributed by atoms with Gasteiger partial charge < -0.3 is 5.32 Å². The van der Waals surface area contributed by atoms with Crippen LogP contribution in [0.2, 0.25) is 0 Å². The molecule has 0 amide bonds. The first-order valence-electron chi connectivity index (χ1n) is 6.58. The zero-order valence-corrected chi connectivity index (χ0v) is 13.6. The average Bonchev–Trinajstić information content (AvgIpc) is 2.37. The smallest absolute Gasteiger partial charge is 0.312 e. The van der Waals surface area contributed by atoms with Crippen LogP contribution in [0.5, 0.6) is 0 Å². The Labute approximate surface area is 134 Å². The van der Waals surface area contributed by atoms with Crippen LogP contribution in [0.15, 0.2) is 29.2 Å². The highest BCUT2D eigenvalue weighted by atomic mass is 35.5. The summed E-state index contributed by atoms with van der Waals surface area (Å²) in [4.78, 5) is 0.0301. The molecule has 0 bridgehead atoms. The zero-order chi connectivity index (χ0) is 15.7. The lowest BCUT2D eigenvalue weighted by Gasteiger charge is -2.31. The van der Waals surface area contributed by atoms with Crippen LogP contribution < -0.4 is 5.32 Å². The summed E-state index contributed by atoms with van der Waals surface area (Å²) >= 11 is 0. The van der Waals surface area contributed by atoms with Crippen LogP contribution in [0, 0.1) is 0 Å². The van der Waals surface area contributed by atoms with Crippen molar-refractivity contribution in [2.45, 2.75) is 30.5 Å². The number of sulfonamides is 1. The van der Waals surface area contributed by atoms with Crippen LogP contribution in [0.3, 0.4) is 0 Å². The van der Waals surface area contributed by atoms with Gasteiger partial charge in [0.05, 0.1) is 11.3 Å². The Bertz CT molecular complexity index is 590. The summed E-state index contributed by atoms with van der Waals surface area (Å²) in [6.07, 6.45) is -5.35. The summed E-state index contributed by atoms with van der Waals surface area (Å²) in [6, 6.07) is 4.96.